The van der Waals surface area contributed by atoms with E-state index in [1.165, 1.54) is 10.7 Å². The van der Waals surface area contributed by atoms with Crippen LogP contribution in [0.25, 0.3) is 5.69 Å². The van der Waals surface area contributed by atoms with Crippen LogP contribution in [0.3, 0.4) is 0 Å². The zero-order valence-electron chi connectivity index (χ0n) is 12.9. The molecule has 1 aliphatic rings. The monoisotopic (exact) mass is 298 g/mol. The topological polar surface area (TPSA) is 61.2 Å². The molecule has 0 radical (unpaired) electrons. The van der Waals surface area contributed by atoms with Crippen LogP contribution in [0.1, 0.15) is 36.3 Å². The van der Waals surface area contributed by atoms with Crippen LogP contribution in [0.5, 0.6) is 5.75 Å². The molecule has 0 bridgehead atoms. The van der Waals surface area contributed by atoms with Crippen molar-refractivity contribution in [2.75, 3.05) is 7.11 Å². The molecule has 0 aliphatic heterocycles. The number of ketones is 1. The molecule has 0 atom stereocenters. The summed E-state index contributed by atoms with van der Waals surface area (Å²) in [5.74, 6) is 0.695. The molecule has 0 saturated carbocycles. The minimum absolute atomic E-state index is 0.00601. The number of hydrogen-bond donors (Lipinski definition) is 0. The molecule has 1 aromatic heterocycles. The van der Waals surface area contributed by atoms with Gasteiger partial charge in [0.25, 0.3) is 5.56 Å². The van der Waals surface area contributed by atoms with E-state index in [0.29, 0.717) is 30.0 Å². The predicted octanol–water partition coefficient (Wildman–Crippen LogP) is 2.40. The Morgan fingerprint density at radius 1 is 1.14 bits per heavy atom. The zero-order valence-corrected chi connectivity index (χ0v) is 12.9. The van der Waals surface area contributed by atoms with Gasteiger partial charge in [-0.05, 0) is 41.7 Å². The molecular formula is C17H18N2O3. The van der Waals surface area contributed by atoms with Gasteiger partial charge in [-0.15, -0.1) is 0 Å². The average molecular weight is 298 g/mol. The van der Waals surface area contributed by atoms with Gasteiger partial charge in [-0.2, -0.15) is 9.78 Å². The molecule has 2 aromatic rings. The molecule has 0 unspecified atom stereocenters. The molecule has 1 heterocycles. The van der Waals surface area contributed by atoms with Crippen molar-refractivity contribution in [3.05, 3.63) is 51.9 Å². The highest BCUT2D eigenvalue weighted by Crippen LogP contribution is 2.33. The molecular weight excluding hydrogens is 280 g/mol. The van der Waals surface area contributed by atoms with Crippen LogP contribution in [-0.4, -0.2) is 22.7 Å². The summed E-state index contributed by atoms with van der Waals surface area (Å²) in [6, 6.07) is 8.54. The molecule has 5 nitrogen and oxygen atoms in total. The second kappa shape index (κ2) is 5.09. The minimum Gasteiger partial charge on any atom is -0.497 e. The maximum atomic E-state index is 12.3. The summed E-state index contributed by atoms with van der Waals surface area (Å²) in [6.07, 6.45) is 1.15. The number of fused-ring (bicyclic) bond motifs is 1. The van der Waals surface area contributed by atoms with Gasteiger partial charge in [0.2, 0.25) is 0 Å². The van der Waals surface area contributed by atoms with E-state index in [4.69, 9.17) is 4.74 Å². The third kappa shape index (κ3) is 2.54. The highest BCUT2D eigenvalue weighted by atomic mass is 16.5. The van der Waals surface area contributed by atoms with Crippen molar-refractivity contribution in [3.63, 3.8) is 0 Å². The van der Waals surface area contributed by atoms with Crippen molar-refractivity contribution in [1.82, 2.24) is 9.78 Å². The highest BCUT2D eigenvalue weighted by Gasteiger charge is 2.32. The van der Waals surface area contributed by atoms with Crippen molar-refractivity contribution in [1.29, 1.82) is 0 Å². The number of hydrogen-bond acceptors (Lipinski definition) is 4. The molecule has 3 rings (SSSR count). The van der Waals surface area contributed by atoms with Gasteiger partial charge >= 0.3 is 0 Å². The third-order valence-electron chi connectivity index (χ3n) is 3.90. The summed E-state index contributed by atoms with van der Waals surface area (Å²) in [7, 11) is 1.58. The van der Waals surface area contributed by atoms with Crippen molar-refractivity contribution < 1.29 is 9.53 Å². The number of Topliss-reactive ketones (excluding diaryl/α,β-unsaturated/α-hetero) is 1. The molecule has 1 aliphatic carbocycles. The fourth-order valence-electron chi connectivity index (χ4n) is 2.87. The van der Waals surface area contributed by atoms with E-state index in [0.717, 1.165) is 5.56 Å². The average Bonchev–Trinajstić information content (AvgIpc) is 2.45. The Bertz CT molecular complexity index is 789. The fraction of sp³-hybridized carbons (Fsp3) is 0.353. The van der Waals surface area contributed by atoms with E-state index in [-0.39, 0.29) is 16.8 Å². The molecule has 0 fully saturated rings. The minimum atomic E-state index is -0.227. The molecule has 5 heteroatoms. The van der Waals surface area contributed by atoms with Gasteiger partial charge in [0.15, 0.2) is 5.78 Å². The first-order valence-corrected chi connectivity index (χ1v) is 7.20. The first-order valence-electron chi connectivity index (χ1n) is 7.20. The van der Waals surface area contributed by atoms with Gasteiger partial charge in [0.1, 0.15) is 11.4 Å². The van der Waals surface area contributed by atoms with Crippen LogP contribution >= 0.6 is 0 Å². The van der Waals surface area contributed by atoms with Crippen LogP contribution in [0, 0.1) is 5.41 Å². The Morgan fingerprint density at radius 2 is 1.82 bits per heavy atom. The number of rotatable bonds is 2. The Labute approximate surface area is 128 Å². The van der Waals surface area contributed by atoms with Gasteiger partial charge < -0.3 is 4.74 Å². The van der Waals surface area contributed by atoms with E-state index in [1.54, 1.807) is 31.4 Å². The van der Waals surface area contributed by atoms with Crippen molar-refractivity contribution in [3.8, 4) is 11.4 Å². The van der Waals surface area contributed by atoms with Gasteiger partial charge in [0, 0.05) is 12.5 Å². The lowest BCUT2D eigenvalue weighted by molar-refractivity contribution is 0.0903. The predicted molar refractivity (Wildman–Crippen MR) is 82.8 cm³/mol. The van der Waals surface area contributed by atoms with Crippen LogP contribution in [0.4, 0.5) is 0 Å². The van der Waals surface area contributed by atoms with E-state index in [9.17, 15) is 9.59 Å². The van der Waals surface area contributed by atoms with Gasteiger partial charge in [-0.3, -0.25) is 9.59 Å². The molecule has 0 saturated heterocycles. The number of benzene rings is 1. The second-order valence-corrected chi connectivity index (χ2v) is 6.41. The van der Waals surface area contributed by atoms with E-state index < -0.39 is 0 Å². The van der Waals surface area contributed by atoms with Gasteiger partial charge in [-0.1, -0.05) is 13.8 Å². The Balaban J connectivity index is 2.09. The number of carbonyl (C=O) groups is 1. The summed E-state index contributed by atoms with van der Waals surface area (Å²) in [6.45, 7) is 4.06. The lowest BCUT2D eigenvalue weighted by Crippen LogP contribution is -2.33. The van der Waals surface area contributed by atoms with Crippen LogP contribution in [-0.2, 0) is 6.42 Å². The number of methoxy groups -OCH3 is 1. The maximum absolute atomic E-state index is 12.3. The summed E-state index contributed by atoms with van der Waals surface area (Å²) in [4.78, 5) is 24.6. The molecule has 0 N–H and O–H groups in total. The quantitative estimate of drug-likeness (QED) is 0.854. The molecule has 114 valence electrons. The van der Waals surface area contributed by atoms with E-state index in [2.05, 4.69) is 5.10 Å². The van der Waals surface area contributed by atoms with E-state index >= 15 is 0 Å². The number of aromatic nitrogens is 2. The molecule has 22 heavy (non-hydrogen) atoms. The molecule has 0 spiro atoms. The Morgan fingerprint density at radius 3 is 2.45 bits per heavy atom. The van der Waals surface area contributed by atoms with Crippen molar-refractivity contribution in [2.45, 2.75) is 26.7 Å². The van der Waals surface area contributed by atoms with Crippen molar-refractivity contribution in [2.24, 2.45) is 5.41 Å². The lowest BCUT2D eigenvalue weighted by atomic mass is 9.75. The third-order valence-corrected chi connectivity index (χ3v) is 3.90. The van der Waals surface area contributed by atoms with E-state index in [1.807, 2.05) is 13.8 Å². The SMILES string of the molecule is COc1ccc(-n2nc3c(cc2=O)CC(C)(C)CC3=O)cc1. The smallest absolute Gasteiger partial charge is 0.271 e. The van der Waals surface area contributed by atoms with Crippen LogP contribution < -0.4 is 10.3 Å². The number of nitrogens with zero attached hydrogens (tertiary/aromatic N) is 2. The second-order valence-electron chi connectivity index (χ2n) is 6.41. The first-order chi connectivity index (χ1) is 10.4. The number of ether oxygens (including phenoxy) is 1. The highest BCUT2D eigenvalue weighted by molar-refractivity contribution is 5.97. The largest absolute Gasteiger partial charge is 0.497 e. The Hall–Kier alpha value is -2.43. The fourth-order valence-corrected chi connectivity index (χ4v) is 2.87. The number of carbonyl (C=O) groups excluding carboxylic acids is 1. The Kier molecular flexibility index (Phi) is 3.35. The van der Waals surface area contributed by atoms with Gasteiger partial charge in [-0.25, -0.2) is 0 Å². The van der Waals surface area contributed by atoms with Crippen LogP contribution in [0.2, 0.25) is 0 Å². The zero-order chi connectivity index (χ0) is 15.9. The molecule has 0 amide bonds. The van der Waals surface area contributed by atoms with Gasteiger partial charge in [0.05, 0.1) is 12.8 Å². The summed E-state index contributed by atoms with van der Waals surface area (Å²) in [5.41, 5.74) is 1.43. The maximum Gasteiger partial charge on any atom is 0.271 e. The summed E-state index contributed by atoms with van der Waals surface area (Å²) >= 11 is 0. The standard InChI is InChI=1S/C17H18N2O3/c1-17(2)9-11-8-15(21)19(18-16(11)14(20)10-17)12-4-6-13(22-3)7-5-12/h4-8H,9-10H2,1-3H3. The molecule has 1 aromatic carbocycles. The first kappa shape index (κ1) is 14.5. The normalized spacial score (nSPS) is 16.2. The lowest BCUT2D eigenvalue weighted by Gasteiger charge is -2.29. The van der Waals surface area contributed by atoms with Crippen molar-refractivity contribution >= 4 is 5.78 Å². The summed E-state index contributed by atoms with van der Waals surface area (Å²) < 4.78 is 6.38. The summed E-state index contributed by atoms with van der Waals surface area (Å²) in [5, 5.41) is 4.30. The van der Waals surface area contributed by atoms with Crippen LogP contribution in [0.15, 0.2) is 35.1 Å².